The number of aryl methyl sites for hydroxylation is 2. The van der Waals surface area contributed by atoms with Crippen molar-refractivity contribution in [2.75, 3.05) is 0 Å². The molecule has 3 nitrogen and oxygen atoms in total. The number of hydrogen-bond donors (Lipinski definition) is 1. The molecule has 0 fully saturated rings. The van der Waals surface area contributed by atoms with Crippen molar-refractivity contribution in [3.63, 3.8) is 0 Å². The number of carboxylic acids is 1. The largest absolute Gasteiger partial charge is 0.490 e. The van der Waals surface area contributed by atoms with Gasteiger partial charge in [-0.25, -0.2) is 0 Å². The predicted octanol–water partition coefficient (Wildman–Crippen LogP) is 2.55. The summed E-state index contributed by atoms with van der Waals surface area (Å²) >= 11 is 0. The van der Waals surface area contributed by atoms with Crippen molar-refractivity contribution in [2.45, 2.75) is 33.3 Å². The van der Waals surface area contributed by atoms with Crippen molar-refractivity contribution >= 4 is 5.97 Å². The molecule has 1 rings (SSSR count). The highest BCUT2D eigenvalue weighted by atomic mass is 16.5. The van der Waals surface area contributed by atoms with E-state index in [1.165, 1.54) is 5.56 Å². The topological polar surface area (TPSA) is 46.5 Å². The van der Waals surface area contributed by atoms with Crippen LogP contribution in [-0.2, 0) is 4.79 Å². The van der Waals surface area contributed by atoms with E-state index in [0.29, 0.717) is 0 Å². The molecule has 0 unspecified atom stereocenters. The second-order valence-corrected chi connectivity index (χ2v) is 3.80. The molecule has 1 N–H and O–H groups in total. The first-order chi connectivity index (χ1) is 6.99. The van der Waals surface area contributed by atoms with Gasteiger partial charge in [0.05, 0.1) is 6.42 Å². The fraction of sp³-hybridized carbons (Fsp3) is 0.417. The molecule has 0 saturated carbocycles. The van der Waals surface area contributed by atoms with Crippen LogP contribution < -0.4 is 4.74 Å². The zero-order valence-corrected chi connectivity index (χ0v) is 9.28. The van der Waals surface area contributed by atoms with Gasteiger partial charge in [-0.05, 0) is 32.4 Å². The van der Waals surface area contributed by atoms with Crippen LogP contribution in [0.4, 0.5) is 0 Å². The number of carbonyl (C=O) groups is 1. The highest BCUT2D eigenvalue weighted by Gasteiger charge is 2.10. The van der Waals surface area contributed by atoms with Crippen LogP contribution >= 0.6 is 0 Å². The summed E-state index contributed by atoms with van der Waals surface area (Å²) in [5.41, 5.74) is 2.21. The van der Waals surface area contributed by atoms with Gasteiger partial charge in [-0.2, -0.15) is 0 Å². The lowest BCUT2D eigenvalue weighted by Crippen LogP contribution is -2.17. The Labute approximate surface area is 89.7 Å². The number of benzene rings is 1. The number of aliphatic carboxylic acids is 1. The first-order valence-corrected chi connectivity index (χ1v) is 4.94. The molecule has 15 heavy (non-hydrogen) atoms. The van der Waals surface area contributed by atoms with E-state index in [0.717, 1.165) is 11.3 Å². The summed E-state index contributed by atoms with van der Waals surface area (Å²) in [6.45, 7) is 5.72. The lowest BCUT2D eigenvalue weighted by molar-refractivity contribution is -0.138. The molecular weight excluding hydrogens is 192 g/mol. The molecule has 0 saturated heterocycles. The smallest absolute Gasteiger partial charge is 0.307 e. The van der Waals surface area contributed by atoms with E-state index in [1.54, 1.807) is 6.92 Å². The second-order valence-electron chi connectivity index (χ2n) is 3.80. The second kappa shape index (κ2) is 4.82. The highest BCUT2D eigenvalue weighted by Crippen LogP contribution is 2.20. The molecular formula is C12H16O3. The quantitative estimate of drug-likeness (QED) is 0.827. The maximum Gasteiger partial charge on any atom is 0.307 e. The molecule has 0 radical (unpaired) electrons. The van der Waals surface area contributed by atoms with Crippen LogP contribution in [0.5, 0.6) is 5.75 Å². The molecule has 0 aliphatic rings. The lowest BCUT2D eigenvalue weighted by Gasteiger charge is -2.14. The Morgan fingerprint density at radius 1 is 1.47 bits per heavy atom. The summed E-state index contributed by atoms with van der Waals surface area (Å²) in [5.74, 6) is -0.0818. The molecule has 0 heterocycles. The molecule has 0 bridgehead atoms. The molecule has 0 aliphatic carbocycles. The molecule has 0 spiro atoms. The maximum absolute atomic E-state index is 10.5. The van der Waals surface area contributed by atoms with Gasteiger partial charge >= 0.3 is 5.97 Å². The van der Waals surface area contributed by atoms with Crippen LogP contribution in [-0.4, -0.2) is 17.2 Å². The fourth-order valence-electron chi connectivity index (χ4n) is 1.44. The van der Waals surface area contributed by atoms with Gasteiger partial charge in [-0.1, -0.05) is 17.7 Å². The van der Waals surface area contributed by atoms with Crippen LogP contribution in [0, 0.1) is 13.8 Å². The van der Waals surface area contributed by atoms with Gasteiger partial charge < -0.3 is 9.84 Å². The van der Waals surface area contributed by atoms with Gasteiger partial charge in [-0.3, -0.25) is 4.79 Å². The first-order valence-electron chi connectivity index (χ1n) is 4.94. The zero-order chi connectivity index (χ0) is 11.4. The van der Waals surface area contributed by atoms with Gasteiger partial charge in [0.15, 0.2) is 0 Å². The van der Waals surface area contributed by atoms with Crippen LogP contribution in [0.2, 0.25) is 0 Å². The predicted molar refractivity (Wildman–Crippen MR) is 58.3 cm³/mol. The van der Waals surface area contributed by atoms with Crippen molar-refractivity contribution < 1.29 is 14.6 Å². The van der Waals surface area contributed by atoms with E-state index in [4.69, 9.17) is 9.84 Å². The molecule has 0 amide bonds. The van der Waals surface area contributed by atoms with Gasteiger partial charge in [0, 0.05) is 0 Å². The van der Waals surface area contributed by atoms with Crippen molar-refractivity contribution in [2.24, 2.45) is 0 Å². The van der Waals surface area contributed by atoms with Gasteiger partial charge in [0.1, 0.15) is 11.9 Å². The first kappa shape index (κ1) is 11.6. The Morgan fingerprint density at radius 3 is 2.67 bits per heavy atom. The Hall–Kier alpha value is -1.51. The van der Waals surface area contributed by atoms with E-state index < -0.39 is 5.97 Å². The third-order valence-electron chi connectivity index (χ3n) is 2.12. The minimum absolute atomic E-state index is 0.0211. The Morgan fingerprint density at radius 2 is 2.13 bits per heavy atom. The van der Waals surface area contributed by atoms with E-state index in [1.807, 2.05) is 32.0 Å². The SMILES string of the molecule is Cc1ccc(O[C@H](C)CC(=O)O)c(C)c1. The molecule has 0 aromatic heterocycles. The summed E-state index contributed by atoms with van der Waals surface area (Å²) in [4.78, 5) is 10.5. The van der Waals surface area contributed by atoms with E-state index >= 15 is 0 Å². The molecule has 0 aliphatic heterocycles. The van der Waals surface area contributed by atoms with Crippen molar-refractivity contribution in [1.29, 1.82) is 0 Å². The average Bonchev–Trinajstić information content (AvgIpc) is 2.08. The molecule has 1 aromatic rings. The minimum Gasteiger partial charge on any atom is -0.490 e. The Kier molecular flexibility index (Phi) is 3.72. The third-order valence-corrected chi connectivity index (χ3v) is 2.12. The molecule has 3 heteroatoms. The lowest BCUT2D eigenvalue weighted by atomic mass is 10.1. The maximum atomic E-state index is 10.5. The van der Waals surface area contributed by atoms with Gasteiger partial charge in [-0.15, -0.1) is 0 Å². The molecule has 82 valence electrons. The Bertz CT molecular complexity index is 358. The number of rotatable bonds is 4. The van der Waals surface area contributed by atoms with Crippen molar-refractivity contribution in [3.8, 4) is 5.75 Å². The number of carboxylic acid groups (broad SMARTS) is 1. The van der Waals surface area contributed by atoms with E-state index in [2.05, 4.69) is 0 Å². The van der Waals surface area contributed by atoms with Crippen LogP contribution in [0.15, 0.2) is 18.2 Å². The summed E-state index contributed by atoms with van der Waals surface area (Å²) in [7, 11) is 0. The highest BCUT2D eigenvalue weighted by molar-refractivity contribution is 5.67. The van der Waals surface area contributed by atoms with Crippen molar-refractivity contribution in [3.05, 3.63) is 29.3 Å². The fourth-order valence-corrected chi connectivity index (χ4v) is 1.44. The molecule has 1 atom stereocenters. The summed E-state index contributed by atoms with van der Waals surface area (Å²) in [5, 5.41) is 8.60. The summed E-state index contributed by atoms with van der Waals surface area (Å²) in [6.07, 6.45) is -0.281. The third kappa shape index (κ3) is 3.62. The number of ether oxygens (including phenoxy) is 1. The van der Waals surface area contributed by atoms with Crippen LogP contribution in [0.25, 0.3) is 0 Å². The van der Waals surface area contributed by atoms with Crippen molar-refractivity contribution in [1.82, 2.24) is 0 Å². The minimum atomic E-state index is -0.840. The summed E-state index contributed by atoms with van der Waals surface area (Å²) < 4.78 is 5.53. The Balaban J connectivity index is 2.68. The van der Waals surface area contributed by atoms with E-state index in [-0.39, 0.29) is 12.5 Å². The van der Waals surface area contributed by atoms with Gasteiger partial charge in [0.25, 0.3) is 0 Å². The van der Waals surface area contributed by atoms with E-state index in [9.17, 15) is 4.79 Å². The normalized spacial score (nSPS) is 12.2. The standard InChI is InChI=1S/C12H16O3/c1-8-4-5-11(9(2)6-8)15-10(3)7-12(13)14/h4-6,10H,7H2,1-3H3,(H,13,14)/t10-/m1/s1. The monoisotopic (exact) mass is 208 g/mol. The zero-order valence-electron chi connectivity index (χ0n) is 9.28. The number of hydrogen-bond acceptors (Lipinski definition) is 2. The van der Waals surface area contributed by atoms with Crippen LogP contribution in [0.3, 0.4) is 0 Å². The summed E-state index contributed by atoms with van der Waals surface area (Å²) in [6, 6.07) is 5.85. The average molecular weight is 208 g/mol. The van der Waals surface area contributed by atoms with Gasteiger partial charge in [0.2, 0.25) is 0 Å². The van der Waals surface area contributed by atoms with Crippen LogP contribution in [0.1, 0.15) is 24.5 Å². The molecule has 1 aromatic carbocycles.